The molecule has 0 amide bonds. The van der Waals surface area contributed by atoms with Gasteiger partial charge in [-0.05, 0) is 57.3 Å². The monoisotopic (exact) mass is 302 g/mol. The predicted molar refractivity (Wildman–Crippen MR) is 84.5 cm³/mol. The second-order valence-corrected chi connectivity index (χ2v) is 7.87. The van der Waals surface area contributed by atoms with Crippen molar-refractivity contribution in [3.05, 3.63) is 35.5 Å². The SMILES string of the molecule is C[C@]12C=CCC=C1CC[C@@H]1C2=CC[C@]2(C(O)(O)O)CCC[C@@H]12. The van der Waals surface area contributed by atoms with Gasteiger partial charge < -0.3 is 15.3 Å². The van der Waals surface area contributed by atoms with Crippen LogP contribution in [0.25, 0.3) is 0 Å². The van der Waals surface area contributed by atoms with E-state index in [4.69, 9.17) is 0 Å². The summed E-state index contributed by atoms with van der Waals surface area (Å²) in [5.74, 6) is -2.01. The minimum Gasteiger partial charge on any atom is -0.343 e. The van der Waals surface area contributed by atoms with Crippen molar-refractivity contribution >= 4 is 0 Å². The highest BCUT2D eigenvalue weighted by Crippen LogP contribution is 2.64. The number of rotatable bonds is 1. The van der Waals surface area contributed by atoms with Gasteiger partial charge in [-0.15, -0.1) is 0 Å². The molecule has 4 aliphatic carbocycles. The molecule has 0 unspecified atom stereocenters. The molecule has 0 radical (unpaired) electrons. The van der Waals surface area contributed by atoms with Crippen LogP contribution in [0.3, 0.4) is 0 Å². The van der Waals surface area contributed by atoms with Gasteiger partial charge in [-0.2, -0.15) is 0 Å². The first-order valence-electron chi connectivity index (χ1n) is 8.63. The van der Waals surface area contributed by atoms with Crippen LogP contribution in [-0.2, 0) is 0 Å². The molecule has 0 spiro atoms. The highest BCUT2D eigenvalue weighted by molar-refractivity contribution is 5.43. The molecule has 22 heavy (non-hydrogen) atoms. The summed E-state index contributed by atoms with van der Waals surface area (Å²) in [5, 5.41) is 30.1. The van der Waals surface area contributed by atoms with Gasteiger partial charge in [0.2, 0.25) is 0 Å². The van der Waals surface area contributed by atoms with Crippen LogP contribution in [0.2, 0.25) is 0 Å². The van der Waals surface area contributed by atoms with Gasteiger partial charge in [0.1, 0.15) is 0 Å². The fourth-order valence-corrected chi connectivity index (χ4v) is 5.89. The Morgan fingerprint density at radius 1 is 1.18 bits per heavy atom. The molecule has 4 rings (SSSR count). The second-order valence-electron chi connectivity index (χ2n) is 7.87. The minimum absolute atomic E-state index is 0.0128. The van der Waals surface area contributed by atoms with E-state index in [9.17, 15) is 15.3 Å². The van der Waals surface area contributed by atoms with E-state index in [2.05, 4.69) is 31.2 Å². The number of fused-ring (bicyclic) bond motifs is 5. The smallest absolute Gasteiger partial charge is 0.281 e. The lowest BCUT2D eigenvalue weighted by atomic mass is 9.52. The highest BCUT2D eigenvalue weighted by Gasteiger charge is 2.61. The average Bonchev–Trinajstić information content (AvgIpc) is 2.91. The Morgan fingerprint density at radius 2 is 2.00 bits per heavy atom. The lowest BCUT2D eigenvalue weighted by Gasteiger charge is -2.53. The van der Waals surface area contributed by atoms with E-state index in [1.54, 1.807) is 0 Å². The molecule has 3 nitrogen and oxygen atoms in total. The van der Waals surface area contributed by atoms with Gasteiger partial charge in [0.05, 0.1) is 5.41 Å². The Morgan fingerprint density at radius 3 is 2.77 bits per heavy atom. The van der Waals surface area contributed by atoms with Crippen LogP contribution in [0.4, 0.5) is 0 Å². The summed E-state index contributed by atoms with van der Waals surface area (Å²) >= 11 is 0. The molecular formula is C19H26O3. The summed E-state index contributed by atoms with van der Waals surface area (Å²) in [7, 11) is 0. The summed E-state index contributed by atoms with van der Waals surface area (Å²) in [6, 6.07) is 0. The van der Waals surface area contributed by atoms with Gasteiger partial charge in [-0.1, -0.05) is 41.9 Å². The van der Waals surface area contributed by atoms with E-state index in [1.807, 2.05) is 0 Å². The van der Waals surface area contributed by atoms with E-state index in [0.717, 1.165) is 32.1 Å². The molecule has 0 aromatic carbocycles. The highest BCUT2D eigenvalue weighted by atomic mass is 16.7. The van der Waals surface area contributed by atoms with Crippen molar-refractivity contribution in [2.75, 3.05) is 0 Å². The number of hydrogen-bond donors (Lipinski definition) is 3. The second kappa shape index (κ2) is 4.56. The van der Waals surface area contributed by atoms with Crippen molar-refractivity contribution in [1.82, 2.24) is 0 Å². The van der Waals surface area contributed by atoms with Crippen LogP contribution in [0, 0.1) is 22.7 Å². The third-order valence-electron chi connectivity index (χ3n) is 7.03. The predicted octanol–water partition coefficient (Wildman–Crippen LogP) is 3.04. The maximum absolute atomic E-state index is 10.0. The molecule has 0 aromatic heterocycles. The minimum atomic E-state index is -2.56. The molecule has 0 heterocycles. The van der Waals surface area contributed by atoms with E-state index in [1.165, 1.54) is 11.1 Å². The Labute approximate surface area is 132 Å². The van der Waals surface area contributed by atoms with Gasteiger partial charge in [-0.3, -0.25) is 0 Å². The van der Waals surface area contributed by atoms with Crippen LogP contribution in [0.1, 0.15) is 51.9 Å². The third-order valence-corrected chi connectivity index (χ3v) is 7.03. The van der Waals surface area contributed by atoms with Crippen molar-refractivity contribution in [1.29, 1.82) is 0 Å². The maximum atomic E-state index is 10.0. The molecule has 4 aliphatic rings. The number of hydrogen-bond acceptors (Lipinski definition) is 3. The number of aliphatic hydroxyl groups is 3. The van der Waals surface area contributed by atoms with Crippen molar-refractivity contribution in [2.45, 2.75) is 57.8 Å². The van der Waals surface area contributed by atoms with Crippen LogP contribution < -0.4 is 0 Å². The van der Waals surface area contributed by atoms with Gasteiger partial charge in [0, 0.05) is 5.41 Å². The van der Waals surface area contributed by atoms with E-state index in [0.29, 0.717) is 18.8 Å². The van der Waals surface area contributed by atoms with Crippen molar-refractivity contribution < 1.29 is 15.3 Å². The molecule has 0 bridgehead atoms. The van der Waals surface area contributed by atoms with E-state index in [-0.39, 0.29) is 11.3 Å². The zero-order valence-electron chi connectivity index (χ0n) is 13.3. The maximum Gasteiger partial charge on any atom is 0.281 e. The molecule has 2 saturated carbocycles. The Kier molecular flexibility index (Phi) is 3.04. The topological polar surface area (TPSA) is 60.7 Å². The van der Waals surface area contributed by atoms with E-state index < -0.39 is 11.4 Å². The van der Waals surface area contributed by atoms with Crippen molar-refractivity contribution in [2.24, 2.45) is 22.7 Å². The zero-order chi connectivity index (χ0) is 15.6. The Bertz CT molecular complexity index is 580. The number of allylic oxidation sites excluding steroid dienone is 6. The van der Waals surface area contributed by atoms with Gasteiger partial charge >= 0.3 is 0 Å². The van der Waals surface area contributed by atoms with Crippen LogP contribution >= 0.6 is 0 Å². The first-order valence-corrected chi connectivity index (χ1v) is 8.63. The summed E-state index contributed by atoms with van der Waals surface area (Å²) in [6.07, 6.45) is 15.6. The van der Waals surface area contributed by atoms with Crippen LogP contribution in [0.15, 0.2) is 35.5 Å². The summed E-state index contributed by atoms with van der Waals surface area (Å²) < 4.78 is 0. The standard InChI is InChI=1S/C19H26O3/c1-17-10-3-2-5-13(17)7-8-14-15(17)9-12-18(19(20,21)22)11-4-6-16(14)18/h3,5,9-10,14,16,20-22H,2,4,6-8,11-12H2,1H3/t14-,16+,17+,18-/m1/s1. The zero-order valence-corrected chi connectivity index (χ0v) is 13.3. The molecule has 0 aliphatic heterocycles. The van der Waals surface area contributed by atoms with Crippen molar-refractivity contribution in [3.8, 4) is 0 Å². The lowest BCUT2D eigenvalue weighted by Crippen LogP contribution is -2.55. The quantitative estimate of drug-likeness (QED) is 0.515. The molecule has 4 atom stereocenters. The van der Waals surface area contributed by atoms with Crippen LogP contribution in [-0.4, -0.2) is 21.3 Å². The normalized spacial score (nSPS) is 43.8. The van der Waals surface area contributed by atoms with Gasteiger partial charge in [0.15, 0.2) is 0 Å². The largest absolute Gasteiger partial charge is 0.343 e. The molecule has 3 N–H and O–H groups in total. The fourth-order valence-electron chi connectivity index (χ4n) is 5.89. The summed E-state index contributed by atoms with van der Waals surface area (Å²) in [4.78, 5) is 0. The fraction of sp³-hybridized carbons (Fsp3) is 0.684. The van der Waals surface area contributed by atoms with Crippen molar-refractivity contribution in [3.63, 3.8) is 0 Å². The summed E-state index contributed by atoms with van der Waals surface area (Å²) in [5.41, 5.74) is 2.22. The Hall–Kier alpha value is -0.900. The average molecular weight is 302 g/mol. The van der Waals surface area contributed by atoms with Gasteiger partial charge in [-0.25, -0.2) is 0 Å². The molecule has 0 saturated heterocycles. The molecule has 2 fully saturated rings. The molecule has 3 heteroatoms. The first kappa shape index (κ1) is 14.7. The summed E-state index contributed by atoms with van der Waals surface area (Å²) in [6.45, 7) is 2.30. The Balaban J connectivity index is 1.79. The van der Waals surface area contributed by atoms with Crippen LogP contribution in [0.5, 0.6) is 0 Å². The molecule has 0 aromatic rings. The van der Waals surface area contributed by atoms with Gasteiger partial charge in [0.25, 0.3) is 5.97 Å². The molecule has 120 valence electrons. The lowest BCUT2D eigenvalue weighted by molar-refractivity contribution is -0.385. The molecular weight excluding hydrogens is 276 g/mol. The first-order chi connectivity index (χ1) is 10.4. The van der Waals surface area contributed by atoms with E-state index >= 15 is 0 Å². The third kappa shape index (κ3) is 1.73.